The summed E-state index contributed by atoms with van der Waals surface area (Å²) in [4.78, 5) is 29.5. The Hall–Kier alpha value is -2.77. The zero-order chi connectivity index (χ0) is 17.1. The minimum absolute atomic E-state index is 0.210. The lowest BCUT2D eigenvalue weighted by atomic mass is 9.99. The van der Waals surface area contributed by atoms with Gasteiger partial charge in [-0.3, -0.25) is 9.59 Å². The minimum atomic E-state index is -0.752. The number of hydrogen-bond acceptors (Lipinski definition) is 4. The molecule has 0 radical (unpaired) electrons. The fraction of sp³-hybridized carbons (Fsp3) is 0.375. The predicted molar refractivity (Wildman–Crippen MR) is 84.9 cm³/mol. The highest BCUT2D eigenvalue weighted by Gasteiger charge is 2.25. The van der Waals surface area contributed by atoms with Crippen LogP contribution in [-0.2, 0) is 9.59 Å². The summed E-state index contributed by atoms with van der Waals surface area (Å²) >= 11 is 0. The highest BCUT2D eigenvalue weighted by Crippen LogP contribution is 2.19. The zero-order valence-electron chi connectivity index (χ0n) is 13.3. The van der Waals surface area contributed by atoms with Gasteiger partial charge in [0.05, 0.1) is 0 Å². The molecule has 1 aromatic heterocycles. The summed E-state index contributed by atoms with van der Waals surface area (Å²) in [5.74, 6) is -1.34. The van der Waals surface area contributed by atoms with Crippen molar-refractivity contribution in [3.05, 3.63) is 36.7 Å². The van der Waals surface area contributed by atoms with Gasteiger partial charge in [0.2, 0.25) is 0 Å². The fourth-order valence-electron chi connectivity index (χ4n) is 2.64. The van der Waals surface area contributed by atoms with Crippen LogP contribution < -0.4 is 5.32 Å². The first-order valence-corrected chi connectivity index (χ1v) is 7.79. The van der Waals surface area contributed by atoms with Crippen molar-refractivity contribution in [1.82, 2.24) is 19.7 Å². The number of amides is 2. The van der Waals surface area contributed by atoms with Crippen LogP contribution in [0.5, 0.6) is 0 Å². The molecule has 0 atom stereocenters. The second-order valence-electron chi connectivity index (χ2n) is 5.94. The molecule has 7 nitrogen and oxygen atoms in total. The van der Waals surface area contributed by atoms with E-state index in [2.05, 4.69) is 22.3 Å². The first-order chi connectivity index (χ1) is 11.5. The molecule has 2 amide bonds. The van der Waals surface area contributed by atoms with Crippen LogP contribution in [0.1, 0.15) is 19.8 Å². The monoisotopic (exact) mass is 331 g/mol. The summed E-state index contributed by atoms with van der Waals surface area (Å²) in [7, 11) is 0. The molecule has 1 aromatic carbocycles. The zero-order valence-corrected chi connectivity index (χ0v) is 13.3. The molecule has 0 spiro atoms. The number of carbonyl (C=O) groups is 2. The first kappa shape index (κ1) is 16.1. The highest BCUT2D eigenvalue weighted by molar-refractivity contribution is 6.39. The minimum Gasteiger partial charge on any atom is -0.334 e. The fourth-order valence-corrected chi connectivity index (χ4v) is 2.64. The Kier molecular flexibility index (Phi) is 4.54. The van der Waals surface area contributed by atoms with Gasteiger partial charge in [0.25, 0.3) is 0 Å². The van der Waals surface area contributed by atoms with E-state index in [-0.39, 0.29) is 11.4 Å². The summed E-state index contributed by atoms with van der Waals surface area (Å²) in [6, 6.07) is 4.14. The molecule has 0 aliphatic carbocycles. The molecule has 1 N–H and O–H groups in total. The number of aromatic nitrogens is 3. The van der Waals surface area contributed by atoms with Crippen molar-refractivity contribution in [1.29, 1.82) is 0 Å². The molecule has 8 heteroatoms. The molecule has 2 heterocycles. The van der Waals surface area contributed by atoms with Crippen LogP contribution in [0, 0.1) is 11.7 Å². The maximum atomic E-state index is 14.1. The maximum absolute atomic E-state index is 14.1. The van der Waals surface area contributed by atoms with Gasteiger partial charge in [0.15, 0.2) is 5.82 Å². The lowest BCUT2D eigenvalue weighted by Crippen LogP contribution is -2.43. The first-order valence-electron chi connectivity index (χ1n) is 7.79. The normalized spacial score (nSPS) is 15.3. The Labute approximate surface area is 138 Å². The van der Waals surface area contributed by atoms with Crippen molar-refractivity contribution < 1.29 is 14.0 Å². The number of rotatable bonds is 2. The molecule has 1 fully saturated rings. The average molecular weight is 331 g/mol. The van der Waals surface area contributed by atoms with Crippen molar-refractivity contribution >= 4 is 17.5 Å². The summed E-state index contributed by atoms with van der Waals surface area (Å²) in [6.45, 7) is 3.28. The number of carbonyl (C=O) groups excluding carboxylic acids is 2. The molecular weight excluding hydrogens is 313 g/mol. The van der Waals surface area contributed by atoms with Crippen LogP contribution in [0.3, 0.4) is 0 Å². The lowest BCUT2D eigenvalue weighted by Gasteiger charge is -2.29. The standard InChI is InChI=1S/C16H18FN5O2/c1-11-4-6-21(7-5-11)16(24)15(23)20-12-2-3-14(13(17)8-12)22-10-18-9-19-22/h2-3,8-11H,4-7H2,1H3,(H,20,23). The largest absolute Gasteiger partial charge is 0.334 e. The molecule has 3 rings (SSSR count). The van der Waals surface area contributed by atoms with Gasteiger partial charge in [0.1, 0.15) is 18.3 Å². The lowest BCUT2D eigenvalue weighted by molar-refractivity contribution is -0.144. The summed E-state index contributed by atoms with van der Waals surface area (Å²) < 4.78 is 15.4. The van der Waals surface area contributed by atoms with E-state index < -0.39 is 17.6 Å². The third-order valence-electron chi connectivity index (χ3n) is 4.14. The van der Waals surface area contributed by atoms with Gasteiger partial charge in [0, 0.05) is 18.8 Å². The van der Waals surface area contributed by atoms with Gasteiger partial charge in [-0.05, 0) is 37.0 Å². The molecule has 1 aliphatic rings. The third kappa shape index (κ3) is 3.42. The van der Waals surface area contributed by atoms with Gasteiger partial charge in [-0.1, -0.05) is 6.92 Å². The SMILES string of the molecule is CC1CCN(C(=O)C(=O)Nc2ccc(-n3cncn3)c(F)c2)CC1. The van der Waals surface area contributed by atoms with Crippen molar-refractivity contribution in [3.63, 3.8) is 0 Å². The van der Waals surface area contributed by atoms with Crippen LogP contribution in [0.2, 0.25) is 0 Å². The molecule has 1 saturated heterocycles. The Balaban J connectivity index is 1.66. The van der Waals surface area contributed by atoms with Crippen LogP contribution >= 0.6 is 0 Å². The van der Waals surface area contributed by atoms with Crippen molar-refractivity contribution in [3.8, 4) is 5.69 Å². The van der Waals surface area contributed by atoms with Gasteiger partial charge in [-0.25, -0.2) is 14.1 Å². The van der Waals surface area contributed by atoms with E-state index >= 15 is 0 Å². The summed E-state index contributed by atoms with van der Waals surface area (Å²) in [5, 5.41) is 6.30. The molecule has 1 aliphatic heterocycles. The number of nitrogens with zero attached hydrogens (tertiary/aromatic N) is 4. The maximum Gasteiger partial charge on any atom is 0.313 e. The Morgan fingerprint density at radius 2 is 2.04 bits per heavy atom. The second kappa shape index (κ2) is 6.77. The number of nitrogens with one attached hydrogen (secondary N) is 1. The molecule has 0 bridgehead atoms. The van der Waals surface area contributed by atoms with Gasteiger partial charge in [-0.15, -0.1) is 0 Å². The summed E-state index contributed by atoms with van der Waals surface area (Å²) in [6.07, 6.45) is 4.45. The second-order valence-corrected chi connectivity index (χ2v) is 5.94. The van der Waals surface area contributed by atoms with E-state index in [1.807, 2.05) is 0 Å². The highest BCUT2D eigenvalue weighted by atomic mass is 19.1. The van der Waals surface area contributed by atoms with Crippen molar-refractivity contribution in [2.24, 2.45) is 5.92 Å². The summed E-state index contributed by atoms with van der Waals surface area (Å²) in [5.41, 5.74) is 0.432. The molecule has 0 unspecified atom stereocenters. The van der Waals surface area contributed by atoms with Crippen LogP contribution in [0.15, 0.2) is 30.9 Å². The number of halogens is 1. The van der Waals surface area contributed by atoms with E-state index in [4.69, 9.17) is 0 Å². The van der Waals surface area contributed by atoms with Crippen molar-refractivity contribution in [2.75, 3.05) is 18.4 Å². The van der Waals surface area contributed by atoms with Crippen LogP contribution in [0.4, 0.5) is 10.1 Å². The van der Waals surface area contributed by atoms with Gasteiger partial charge >= 0.3 is 11.8 Å². The van der Waals surface area contributed by atoms with Crippen LogP contribution in [-0.4, -0.2) is 44.6 Å². The van der Waals surface area contributed by atoms with E-state index in [9.17, 15) is 14.0 Å². The number of anilines is 1. The van der Waals surface area contributed by atoms with E-state index in [1.165, 1.54) is 34.4 Å². The molecule has 0 saturated carbocycles. The number of benzene rings is 1. The molecular formula is C16H18FN5O2. The van der Waals surface area contributed by atoms with Crippen molar-refractivity contribution in [2.45, 2.75) is 19.8 Å². The quantitative estimate of drug-likeness (QED) is 0.848. The smallest absolute Gasteiger partial charge is 0.313 e. The van der Waals surface area contributed by atoms with Crippen LogP contribution in [0.25, 0.3) is 5.69 Å². The van der Waals surface area contributed by atoms with Gasteiger partial charge in [-0.2, -0.15) is 5.10 Å². The molecule has 2 aromatic rings. The van der Waals surface area contributed by atoms with E-state index in [0.717, 1.165) is 18.9 Å². The Morgan fingerprint density at radius 3 is 2.67 bits per heavy atom. The topological polar surface area (TPSA) is 80.1 Å². The number of hydrogen-bond donors (Lipinski definition) is 1. The molecule has 24 heavy (non-hydrogen) atoms. The Morgan fingerprint density at radius 1 is 1.29 bits per heavy atom. The molecule has 126 valence electrons. The Bertz CT molecular complexity index is 739. The van der Waals surface area contributed by atoms with E-state index in [1.54, 1.807) is 0 Å². The third-order valence-corrected chi connectivity index (χ3v) is 4.14. The number of piperidine rings is 1. The number of likely N-dealkylation sites (tertiary alicyclic amines) is 1. The van der Waals surface area contributed by atoms with Gasteiger partial charge < -0.3 is 10.2 Å². The van der Waals surface area contributed by atoms with E-state index in [0.29, 0.717) is 19.0 Å². The predicted octanol–water partition coefficient (Wildman–Crippen LogP) is 1.60. The average Bonchev–Trinajstić information content (AvgIpc) is 3.09.